The number of ether oxygens (including phenoxy) is 1. The molecule has 1 heterocycles. The Hall–Kier alpha value is -1.22. The molecule has 134 valence electrons. The van der Waals surface area contributed by atoms with Crippen molar-refractivity contribution in [3.05, 3.63) is 65.6 Å². The molecule has 26 heavy (non-hydrogen) atoms. The summed E-state index contributed by atoms with van der Waals surface area (Å²) < 4.78 is 7.07. The van der Waals surface area contributed by atoms with Crippen LogP contribution in [0.4, 0.5) is 0 Å². The van der Waals surface area contributed by atoms with Crippen LogP contribution < -0.4 is 5.32 Å². The largest absolute Gasteiger partial charge is 0.467 e. The van der Waals surface area contributed by atoms with Crippen LogP contribution >= 0.6 is 59.1 Å². The summed E-state index contributed by atoms with van der Waals surface area (Å²) >= 11 is 11.4. The summed E-state index contributed by atoms with van der Waals surface area (Å²) in [5, 5.41) is 4.81. The standard InChI is InChI=1S/C18H12Br3NO3S/c1-25-18(24)14(11-7-6-9-4-2-3-5-10(9)8-11)22-17(23)15-12(19)13(20)16(21)26-15/h2-8,14H,1H3,(H,22,23). The molecule has 0 aliphatic heterocycles. The number of hydrogen-bond donors (Lipinski definition) is 1. The van der Waals surface area contributed by atoms with Crippen molar-refractivity contribution < 1.29 is 14.3 Å². The van der Waals surface area contributed by atoms with Gasteiger partial charge in [-0.05, 0) is 70.2 Å². The van der Waals surface area contributed by atoms with Crippen LogP contribution in [0.15, 0.2) is 55.2 Å². The number of esters is 1. The maximum Gasteiger partial charge on any atom is 0.333 e. The van der Waals surface area contributed by atoms with Crippen LogP contribution in [0.5, 0.6) is 0 Å². The molecule has 3 rings (SSSR count). The zero-order valence-corrected chi connectivity index (χ0v) is 19.0. The highest BCUT2D eigenvalue weighted by atomic mass is 79.9. The number of carbonyl (C=O) groups is 2. The summed E-state index contributed by atoms with van der Waals surface area (Å²) in [7, 11) is 1.30. The number of thiophene rings is 1. The van der Waals surface area contributed by atoms with Gasteiger partial charge in [-0.3, -0.25) is 4.79 Å². The molecule has 8 heteroatoms. The third-order valence-electron chi connectivity index (χ3n) is 3.78. The second-order valence-electron chi connectivity index (χ2n) is 5.37. The highest BCUT2D eigenvalue weighted by molar-refractivity contribution is 9.14. The minimum atomic E-state index is -0.899. The minimum Gasteiger partial charge on any atom is -0.467 e. The highest BCUT2D eigenvalue weighted by Gasteiger charge is 2.27. The molecule has 0 spiro atoms. The molecule has 1 aromatic heterocycles. The normalized spacial score (nSPS) is 12.0. The molecule has 0 aliphatic carbocycles. The van der Waals surface area contributed by atoms with E-state index in [-0.39, 0.29) is 5.91 Å². The topological polar surface area (TPSA) is 55.4 Å². The molecule has 0 saturated carbocycles. The molecule has 0 fully saturated rings. The fourth-order valence-corrected chi connectivity index (χ4v) is 5.48. The first-order valence-corrected chi connectivity index (χ1v) is 10.6. The van der Waals surface area contributed by atoms with Crippen molar-refractivity contribution in [3.63, 3.8) is 0 Å². The molecule has 2 aromatic carbocycles. The Morgan fingerprint density at radius 2 is 1.73 bits per heavy atom. The number of methoxy groups -OCH3 is 1. The fourth-order valence-electron chi connectivity index (χ4n) is 2.49. The molecular formula is C18H12Br3NO3S. The summed E-state index contributed by atoms with van der Waals surface area (Å²) in [4.78, 5) is 25.5. The van der Waals surface area contributed by atoms with Gasteiger partial charge >= 0.3 is 5.97 Å². The highest BCUT2D eigenvalue weighted by Crippen LogP contribution is 2.41. The quantitative estimate of drug-likeness (QED) is 0.408. The molecule has 0 saturated heterocycles. The fraction of sp³-hybridized carbons (Fsp3) is 0.111. The Balaban J connectivity index is 1.96. The third-order valence-corrected chi connectivity index (χ3v) is 8.82. The molecule has 1 N–H and O–H groups in total. The minimum absolute atomic E-state index is 0.364. The van der Waals surface area contributed by atoms with Crippen molar-refractivity contribution >= 4 is 81.8 Å². The second-order valence-corrected chi connectivity index (χ2v) is 9.29. The van der Waals surface area contributed by atoms with Crippen LogP contribution in [0, 0.1) is 0 Å². The smallest absolute Gasteiger partial charge is 0.333 e. The number of benzene rings is 2. The van der Waals surface area contributed by atoms with Gasteiger partial charge in [0.1, 0.15) is 4.88 Å². The van der Waals surface area contributed by atoms with Gasteiger partial charge in [0.05, 0.1) is 19.8 Å². The van der Waals surface area contributed by atoms with Crippen molar-refractivity contribution in [2.24, 2.45) is 0 Å². The zero-order valence-electron chi connectivity index (χ0n) is 13.4. The molecule has 0 aliphatic rings. The number of rotatable bonds is 4. The van der Waals surface area contributed by atoms with E-state index in [9.17, 15) is 9.59 Å². The van der Waals surface area contributed by atoms with Gasteiger partial charge in [0.15, 0.2) is 6.04 Å². The summed E-state index contributed by atoms with van der Waals surface area (Å²) in [5.74, 6) is -0.892. The van der Waals surface area contributed by atoms with Crippen LogP contribution in [-0.2, 0) is 9.53 Å². The van der Waals surface area contributed by atoms with Gasteiger partial charge in [-0.1, -0.05) is 36.4 Å². The van der Waals surface area contributed by atoms with Crippen LogP contribution in [0.3, 0.4) is 0 Å². The van der Waals surface area contributed by atoms with Crippen LogP contribution in [0.1, 0.15) is 21.3 Å². The van der Waals surface area contributed by atoms with E-state index >= 15 is 0 Å². The number of carbonyl (C=O) groups excluding carboxylic acids is 2. The zero-order chi connectivity index (χ0) is 18.8. The lowest BCUT2D eigenvalue weighted by Gasteiger charge is -2.17. The molecule has 4 nitrogen and oxygen atoms in total. The van der Waals surface area contributed by atoms with E-state index in [2.05, 4.69) is 53.1 Å². The molecule has 1 atom stereocenters. The van der Waals surface area contributed by atoms with E-state index in [1.54, 1.807) is 0 Å². The molecule has 3 aromatic rings. The van der Waals surface area contributed by atoms with Gasteiger partial charge in [0, 0.05) is 0 Å². The molecule has 0 radical (unpaired) electrons. The van der Waals surface area contributed by atoms with E-state index in [0.717, 1.165) is 19.0 Å². The van der Waals surface area contributed by atoms with Gasteiger partial charge in [0.25, 0.3) is 5.91 Å². The Morgan fingerprint density at radius 3 is 2.35 bits per heavy atom. The van der Waals surface area contributed by atoms with Crippen molar-refractivity contribution in [1.82, 2.24) is 5.32 Å². The van der Waals surface area contributed by atoms with Crippen LogP contribution in [0.25, 0.3) is 10.8 Å². The van der Waals surface area contributed by atoms with Crippen molar-refractivity contribution in [3.8, 4) is 0 Å². The summed E-state index contributed by atoms with van der Waals surface area (Å²) in [6, 6.07) is 12.5. The number of halogens is 3. The lowest BCUT2D eigenvalue weighted by atomic mass is 10.0. The molecule has 0 bridgehead atoms. The number of nitrogens with one attached hydrogen (secondary N) is 1. The van der Waals surface area contributed by atoms with Crippen molar-refractivity contribution in [2.75, 3.05) is 7.11 Å². The third kappa shape index (κ3) is 3.88. The SMILES string of the molecule is COC(=O)C(NC(=O)c1sc(Br)c(Br)c1Br)c1ccc2ccccc2c1. The first-order chi connectivity index (χ1) is 12.4. The summed E-state index contributed by atoms with van der Waals surface area (Å²) in [6.07, 6.45) is 0. The number of hydrogen-bond acceptors (Lipinski definition) is 4. The number of amides is 1. The molecule has 1 unspecified atom stereocenters. The lowest BCUT2D eigenvalue weighted by molar-refractivity contribution is -0.143. The maximum atomic E-state index is 12.7. The van der Waals surface area contributed by atoms with E-state index in [4.69, 9.17) is 4.74 Å². The van der Waals surface area contributed by atoms with Gasteiger partial charge in [-0.25, -0.2) is 4.79 Å². The van der Waals surface area contributed by atoms with E-state index in [1.807, 2.05) is 42.5 Å². The Bertz CT molecular complexity index is 1000. The van der Waals surface area contributed by atoms with Crippen molar-refractivity contribution in [2.45, 2.75) is 6.04 Å². The number of fused-ring (bicyclic) bond motifs is 1. The lowest BCUT2D eigenvalue weighted by Crippen LogP contribution is -2.34. The molecular weight excluding hydrogens is 550 g/mol. The van der Waals surface area contributed by atoms with Gasteiger partial charge in [-0.2, -0.15) is 0 Å². The maximum absolute atomic E-state index is 12.7. The van der Waals surface area contributed by atoms with E-state index in [1.165, 1.54) is 18.4 Å². The van der Waals surface area contributed by atoms with Gasteiger partial charge < -0.3 is 10.1 Å². The Morgan fingerprint density at radius 1 is 1.04 bits per heavy atom. The predicted octanol–water partition coefficient (Wildman–Crippen LogP) is 5.83. The van der Waals surface area contributed by atoms with Crippen molar-refractivity contribution in [1.29, 1.82) is 0 Å². The van der Waals surface area contributed by atoms with Gasteiger partial charge in [0.2, 0.25) is 0 Å². The van der Waals surface area contributed by atoms with E-state index < -0.39 is 12.0 Å². The first kappa shape index (κ1) is 19.5. The first-order valence-electron chi connectivity index (χ1n) is 7.43. The van der Waals surface area contributed by atoms with Crippen LogP contribution in [0.2, 0.25) is 0 Å². The predicted molar refractivity (Wildman–Crippen MR) is 114 cm³/mol. The molecule has 1 amide bonds. The Kier molecular flexibility index (Phi) is 6.17. The monoisotopic (exact) mass is 559 g/mol. The van der Waals surface area contributed by atoms with Gasteiger partial charge in [-0.15, -0.1) is 11.3 Å². The Labute approximate surface area is 179 Å². The average molecular weight is 562 g/mol. The summed E-state index contributed by atoms with van der Waals surface area (Å²) in [5.41, 5.74) is 0.662. The average Bonchev–Trinajstić information content (AvgIpc) is 2.92. The summed E-state index contributed by atoms with van der Waals surface area (Å²) in [6.45, 7) is 0. The van der Waals surface area contributed by atoms with E-state index in [0.29, 0.717) is 14.9 Å². The second kappa shape index (κ2) is 8.21. The van der Waals surface area contributed by atoms with Crippen LogP contribution in [-0.4, -0.2) is 19.0 Å².